The maximum absolute atomic E-state index is 10.7. The van der Waals surface area contributed by atoms with Crippen LogP contribution in [0.2, 0.25) is 0 Å². The van der Waals surface area contributed by atoms with E-state index in [1.54, 1.807) is 0 Å². The molecule has 102 valence electrons. The van der Waals surface area contributed by atoms with Gasteiger partial charge in [0.05, 0.1) is 13.0 Å². The molecule has 0 aliphatic heterocycles. The number of carbonyl (C=O) groups is 1. The van der Waals surface area contributed by atoms with E-state index in [-0.39, 0.29) is 12.0 Å². The van der Waals surface area contributed by atoms with Gasteiger partial charge >= 0.3 is 5.97 Å². The van der Waals surface area contributed by atoms with Crippen LogP contribution in [0.4, 0.5) is 0 Å². The summed E-state index contributed by atoms with van der Waals surface area (Å²) in [6.45, 7) is 9.21. The molecule has 0 spiro atoms. The highest BCUT2D eigenvalue weighted by Crippen LogP contribution is 2.17. The molecule has 1 aromatic heterocycles. The second-order valence-electron chi connectivity index (χ2n) is 5.46. The Kier molecular flexibility index (Phi) is 4.45. The monoisotopic (exact) mass is 254 g/mol. The van der Waals surface area contributed by atoms with Crippen LogP contribution < -0.4 is 0 Å². The lowest BCUT2D eigenvalue weighted by Gasteiger charge is -2.34. The number of rotatable bonds is 5. The third-order valence-electron chi connectivity index (χ3n) is 3.06. The van der Waals surface area contributed by atoms with Gasteiger partial charge < -0.3 is 9.67 Å². The van der Waals surface area contributed by atoms with Gasteiger partial charge in [0.15, 0.2) is 0 Å². The number of aliphatic carboxylic acids is 1. The van der Waals surface area contributed by atoms with Crippen molar-refractivity contribution in [2.24, 2.45) is 7.05 Å². The molecule has 6 nitrogen and oxygen atoms in total. The van der Waals surface area contributed by atoms with Crippen LogP contribution in [0.25, 0.3) is 0 Å². The van der Waals surface area contributed by atoms with Crippen LogP contribution in [0.3, 0.4) is 0 Å². The molecule has 0 unspecified atom stereocenters. The molecule has 0 aliphatic carbocycles. The van der Waals surface area contributed by atoms with E-state index < -0.39 is 5.97 Å². The maximum atomic E-state index is 10.7. The van der Waals surface area contributed by atoms with Gasteiger partial charge in [0, 0.05) is 19.1 Å². The van der Waals surface area contributed by atoms with Crippen molar-refractivity contribution in [3.63, 3.8) is 0 Å². The van der Waals surface area contributed by atoms with E-state index >= 15 is 0 Å². The van der Waals surface area contributed by atoms with Gasteiger partial charge in [-0.25, -0.2) is 0 Å². The number of hydrogen-bond acceptors (Lipinski definition) is 4. The predicted molar refractivity (Wildman–Crippen MR) is 68.2 cm³/mol. The van der Waals surface area contributed by atoms with E-state index in [0.717, 1.165) is 11.6 Å². The molecule has 0 amide bonds. The van der Waals surface area contributed by atoms with Gasteiger partial charge in [0.25, 0.3) is 0 Å². The third kappa shape index (κ3) is 3.80. The first-order valence-electron chi connectivity index (χ1n) is 6.03. The quantitative estimate of drug-likeness (QED) is 0.855. The zero-order valence-electron chi connectivity index (χ0n) is 11.8. The van der Waals surface area contributed by atoms with Gasteiger partial charge in [-0.15, -0.1) is 10.2 Å². The third-order valence-corrected chi connectivity index (χ3v) is 3.06. The summed E-state index contributed by atoms with van der Waals surface area (Å²) < 4.78 is 1.93. The number of aromatic nitrogens is 3. The average molecular weight is 254 g/mol. The van der Waals surface area contributed by atoms with Crippen LogP contribution in [0.15, 0.2) is 0 Å². The van der Waals surface area contributed by atoms with Crippen LogP contribution in [-0.2, 0) is 18.4 Å². The van der Waals surface area contributed by atoms with Crippen molar-refractivity contribution in [3.05, 3.63) is 11.6 Å². The Balaban J connectivity index is 2.79. The zero-order valence-corrected chi connectivity index (χ0v) is 11.8. The summed E-state index contributed by atoms with van der Waals surface area (Å²) in [5, 5.41) is 16.9. The van der Waals surface area contributed by atoms with E-state index in [1.807, 2.05) is 18.5 Å². The zero-order chi connectivity index (χ0) is 13.9. The highest BCUT2D eigenvalue weighted by atomic mass is 16.4. The summed E-state index contributed by atoms with van der Waals surface area (Å²) in [6, 6.07) is 0. The Bertz CT molecular complexity index is 420. The maximum Gasteiger partial charge on any atom is 0.304 e. The molecule has 0 radical (unpaired) electrons. The van der Waals surface area contributed by atoms with Gasteiger partial charge in [0.2, 0.25) is 0 Å². The fourth-order valence-corrected chi connectivity index (χ4v) is 1.64. The lowest BCUT2D eigenvalue weighted by molar-refractivity contribution is -0.137. The van der Waals surface area contributed by atoms with Gasteiger partial charge in [-0.3, -0.25) is 9.69 Å². The van der Waals surface area contributed by atoms with Crippen molar-refractivity contribution in [1.82, 2.24) is 19.7 Å². The topological polar surface area (TPSA) is 71.2 Å². The molecule has 1 N–H and O–H groups in total. The molecule has 0 saturated heterocycles. The minimum Gasteiger partial charge on any atom is -0.481 e. The summed E-state index contributed by atoms with van der Waals surface area (Å²) in [5.74, 6) is 0.934. The fourth-order valence-electron chi connectivity index (χ4n) is 1.64. The highest BCUT2D eigenvalue weighted by molar-refractivity contribution is 5.66. The summed E-state index contributed by atoms with van der Waals surface area (Å²) in [4.78, 5) is 12.8. The van der Waals surface area contributed by atoms with Crippen molar-refractivity contribution in [2.75, 3.05) is 6.54 Å². The minimum atomic E-state index is -0.779. The van der Waals surface area contributed by atoms with Crippen LogP contribution in [0, 0.1) is 6.92 Å². The normalized spacial score (nSPS) is 12.1. The Hall–Kier alpha value is -1.43. The molecule has 0 fully saturated rings. The van der Waals surface area contributed by atoms with Crippen LogP contribution in [0.5, 0.6) is 0 Å². The second kappa shape index (κ2) is 5.48. The molecular formula is C12H22N4O2. The van der Waals surface area contributed by atoms with Crippen molar-refractivity contribution in [2.45, 2.75) is 46.2 Å². The molecule has 18 heavy (non-hydrogen) atoms. The van der Waals surface area contributed by atoms with E-state index in [1.165, 1.54) is 0 Å². The SMILES string of the molecule is Cc1nnc(CN(CCC(=O)O)C(C)(C)C)n1C. The summed E-state index contributed by atoms with van der Waals surface area (Å²) in [7, 11) is 1.92. The standard InChI is InChI=1S/C12H22N4O2/c1-9-13-14-10(15(9)5)8-16(12(2,3)4)7-6-11(17)18/h6-8H2,1-5H3,(H,17,18). The highest BCUT2D eigenvalue weighted by Gasteiger charge is 2.23. The molecule has 1 rings (SSSR count). The first-order valence-corrected chi connectivity index (χ1v) is 6.03. The summed E-state index contributed by atoms with van der Waals surface area (Å²) in [6.07, 6.45) is 0.133. The van der Waals surface area contributed by atoms with Crippen molar-refractivity contribution >= 4 is 5.97 Å². The lowest BCUT2D eigenvalue weighted by Crippen LogP contribution is -2.42. The first-order chi connectivity index (χ1) is 8.21. The van der Waals surface area contributed by atoms with E-state index in [0.29, 0.717) is 13.1 Å². The lowest BCUT2D eigenvalue weighted by atomic mass is 10.1. The number of nitrogens with zero attached hydrogens (tertiary/aromatic N) is 4. The summed E-state index contributed by atoms with van der Waals surface area (Å²) in [5.41, 5.74) is -0.102. The Morgan fingerprint density at radius 2 is 2.00 bits per heavy atom. The minimum absolute atomic E-state index is 0.102. The fraction of sp³-hybridized carbons (Fsp3) is 0.750. The number of carboxylic acid groups (broad SMARTS) is 1. The smallest absolute Gasteiger partial charge is 0.304 e. The number of hydrogen-bond donors (Lipinski definition) is 1. The van der Waals surface area contributed by atoms with Gasteiger partial charge in [0.1, 0.15) is 11.6 Å². The first kappa shape index (κ1) is 14.6. The number of aryl methyl sites for hydroxylation is 1. The Morgan fingerprint density at radius 3 is 2.39 bits per heavy atom. The van der Waals surface area contributed by atoms with Crippen molar-refractivity contribution in [3.8, 4) is 0 Å². The molecule has 1 heterocycles. The van der Waals surface area contributed by atoms with Crippen molar-refractivity contribution < 1.29 is 9.90 Å². The molecule has 0 aromatic carbocycles. The van der Waals surface area contributed by atoms with E-state index in [4.69, 9.17) is 5.11 Å². The van der Waals surface area contributed by atoms with Gasteiger partial charge in [-0.05, 0) is 27.7 Å². The predicted octanol–water partition coefficient (Wildman–Crippen LogP) is 1.20. The number of carboxylic acids is 1. The second-order valence-corrected chi connectivity index (χ2v) is 5.46. The van der Waals surface area contributed by atoms with E-state index in [2.05, 4.69) is 35.9 Å². The Labute approximate surface area is 108 Å². The van der Waals surface area contributed by atoms with Crippen LogP contribution in [0.1, 0.15) is 38.8 Å². The largest absolute Gasteiger partial charge is 0.481 e. The Morgan fingerprint density at radius 1 is 1.39 bits per heavy atom. The van der Waals surface area contributed by atoms with E-state index in [9.17, 15) is 4.79 Å². The van der Waals surface area contributed by atoms with Crippen molar-refractivity contribution in [1.29, 1.82) is 0 Å². The molecular weight excluding hydrogens is 232 g/mol. The molecule has 1 aromatic rings. The summed E-state index contributed by atoms with van der Waals surface area (Å²) >= 11 is 0. The molecule has 0 aliphatic rings. The molecule has 0 saturated carbocycles. The van der Waals surface area contributed by atoms with Crippen LogP contribution >= 0.6 is 0 Å². The van der Waals surface area contributed by atoms with Crippen LogP contribution in [-0.4, -0.2) is 42.8 Å². The molecule has 6 heteroatoms. The van der Waals surface area contributed by atoms with Gasteiger partial charge in [-0.2, -0.15) is 0 Å². The molecule has 0 atom stereocenters. The molecule has 0 bridgehead atoms. The van der Waals surface area contributed by atoms with Gasteiger partial charge in [-0.1, -0.05) is 0 Å². The average Bonchev–Trinajstić information content (AvgIpc) is 2.53.